The summed E-state index contributed by atoms with van der Waals surface area (Å²) in [7, 11) is 0. The highest BCUT2D eigenvalue weighted by Crippen LogP contribution is 2.25. The van der Waals surface area contributed by atoms with E-state index in [1.807, 2.05) is 95.0 Å². The van der Waals surface area contributed by atoms with Gasteiger partial charge < -0.3 is 19.3 Å². The molecule has 0 saturated carbocycles. The molecule has 48 heavy (non-hydrogen) atoms. The SMILES string of the molecule is O=C(COc1ccc(C=Nc2ccc(-c3ccc(N=Cc4ccc(OCC(=O)N5CCCCC5)cc4)cc3)cc2)cc1)N1CCCCC1. The van der Waals surface area contributed by atoms with Crippen molar-refractivity contribution in [2.24, 2.45) is 9.98 Å². The van der Waals surface area contributed by atoms with Crippen LogP contribution >= 0.6 is 0 Å². The standard InChI is InChI=1S/C40H42N4O4/c45-39(43-23-3-1-4-24-43)29-47-37-19-7-31(8-20-37)27-41-35-15-11-33(12-16-35)34-13-17-36(18-14-34)42-28-32-9-21-38(22-10-32)48-30-40(46)44-25-5-2-6-26-44/h7-22,27-28H,1-6,23-26,29-30H2. The van der Waals surface area contributed by atoms with Crippen LogP contribution in [0.25, 0.3) is 11.1 Å². The van der Waals surface area contributed by atoms with E-state index in [0.29, 0.717) is 11.5 Å². The normalized spacial score (nSPS) is 15.2. The molecule has 4 aromatic rings. The van der Waals surface area contributed by atoms with Crippen LogP contribution in [0.15, 0.2) is 107 Å². The van der Waals surface area contributed by atoms with Crippen molar-refractivity contribution in [3.8, 4) is 22.6 Å². The minimum Gasteiger partial charge on any atom is -0.484 e. The van der Waals surface area contributed by atoms with E-state index in [2.05, 4.69) is 34.3 Å². The van der Waals surface area contributed by atoms with E-state index in [0.717, 1.165) is 85.5 Å². The molecule has 0 radical (unpaired) electrons. The number of hydrogen-bond donors (Lipinski definition) is 0. The van der Waals surface area contributed by atoms with E-state index < -0.39 is 0 Å². The largest absolute Gasteiger partial charge is 0.484 e. The highest BCUT2D eigenvalue weighted by molar-refractivity contribution is 5.83. The van der Waals surface area contributed by atoms with Crippen molar-refractivity contribution in [2.45, 2.75) is 38.5 Å². The first-order valence-electron chi connectivity index (χ1n) is 16.9. The molecule has 2 heterocycles. The highest BCUT2D eigenvalue weighted by atomic mass is 16.5. The van der Waals surface area contributed by atoms with Gasteiger partial charge in [-0.25, -0.2) is 0 Å². The van der Waals surface area contributed by atoms with E-state index >= 15 is 0 Å². The zero-order chi connectivity index (χ0) is 33.0. The van der Waals surface area contributed by atoms with Gasteiger partial charge >= 0.3 is 0 Å². The van der Waals surface area contributed by atoms with Gasteiger partial charge in [-0.1, -0.05) is 24.3 Å². The molecular formula is C40H42N4O4. The third kappa shape index (κ3) is 9.41. The van der Waals surface area contributed by atoms with Gasteiger partial charge in [-0.15, -0.1) is 0 Å². The van der Waals surface area contributed by atoms with Gasteiger partial charge in [-0.3, -0.25) is 19.6 Å². The molecule has 0 unspecified atom stereocenters. The van der Waals surface area contributed by atoms with E-state index in [9.17, 15) is 9.59 Å². The van der Waals surface area contributed by atoms with Crippen LogP contribution in [0.3, 0.4) is 0 Å². The summed E-state index contributed by atoms with van der Waals surface area (Å²) in [6, 6.07) is 31.5. The Labute approximate surface area is 282 Å². The first kappa shape index (κ1) is 32.7. The Bertz CT molecular complexity index is 1560. The molecule has 246 valence electrons. The number of ether oxygens (including phenoxy) is 2. The van der Waals surface area contributed by atoms with Crippen LogP contribution in [0.1, 0.15) is 49.7 Å². The Morgan fingerprint density at radius 2 is 0.854 bits per heavy atom. The topological polar surface area (TPSA) is 83.8 Å². The Hall–Kier alpha value is -5.24. The predicted octanol–water partition coefficient (Wildman–Crippen LogP) is 7.64. The molecule has 6 rings (SSSR count). The fraction of sp³-hybridized carbons (Fsp3) is 0.300. The summed E-state index contributed by atoms with van der Waals surface area (Å²) < 4.78 is 11.4. The zero-order valence-corrected chi connectivity index (χ0v) is 27.3. The Morgan fingerprint density at radius 3 is 1.21 bits per heavy atom. The number of likely N-dealkylation sites (tertiary alicyclic amines) is 2. The van der Waals surface area contributed by atoms with Crippen molar-refractivity contribution in [3.05, 3.63) is 108 Å². The maximum absolute atomic E-state index is 12.3. The van der Waals surface area contributed by atoms with Gasteiger partial charge in [0, 0.05) is 38.6 Å². The molecule has 2 aliphatic heterocycles. The summed E-state index contributed by atoms with van der Waals surface area (Å²) in [6.07, 6.45) is 10.3. The Morgan fingerprint density at radius 1 is 0.500 bits per heavy atom. The molecule has 2 fully saturated rings. The molecule has 2 amide bonds. The van der Waals surface area contributed by atoms with Crippen LogP contribution in [0, 0.1) is 0 Å². The van der Waals surface area contributed by atoms with Crippen molar-refractivity contribution >= 4 is 35.6 Å². The molecule has 8 heteroatoms. The first-order valence-corrected chi connectivity index (χ1v) is 16.9. The van der Waals surface area contributed by atoms with Gasteiger partial charge in [0.05, 0.1) is 11.4 Å². The predicted molar refractivity (Wildman–Crippen MR) is 191 cm³/mol. The smallest absolute Gasteiger partial charge is 0.260 e. The van der Waals surface area contributed by atoms with E-state index in [-0.39, 0.29) is 25.0 Å². The van der Waals surface area contributed by atoms with Gasteiger partial charge in [0.25, 0.3) is 11.8 Å². The van der Waals surface area contributed by atoms with Gasteiger partial charge in [0.2, 0.25) is 0 Å². The van der Waals surface area contributed by atoms with Gasteiger partial charge in [0.15, 0.2) is 13.2 Å². The monoisotopic (exact) mass is 642 g/mol. The highest BCUT2D eigenvalue weighted by Gasteiger charge is 2.17. The van der Waals surface area contributed by atoms with Crippen LogP contribution < -0.4 is 9.47 Å². The lowest BCUT2D eigenvalue weighted by atomic mass is 10.1. The molecule has 2 saturated heterocycles. The fourth-order valence-corrected chi connectivity index (χ4v) is 5.84. The number of hydrogen-bond acceptors (Lipinski definition) is 6. The number of piperidine rings is 2. The lowest BCUT2D eigenvalue weighted by Crippen LogP contribution is -2.38. The molecule has 0 atom stereocenters. The Kier molecular flexibility index (Phi) is 11.3. The van der Waals surface area contributed by atoms with Crippen molar-refractivity contribution < 1.29 is 19.1 Å². The summed E-state index contributed by atoms with van der Waals surface area (Å²) >= 11 is 0. The lowest BCUT2D eigenvalue weighted by molar-refractivity contribution is -0.135. The summed E-state index contributed by atoms with van der Waals surface area (Å²) in [5.74, 6) is 1.46. The molecule has 0 spiro atoms. The molecule has 8 nitrogen and oxygen atoms in total. The molecule has 0 bridgehead atoms. The number of rotatable bonds is 11. The van der Waals surface area contributed by atoms with Crippen LogP contribution in [0.4, 0.5) is 11.4 Å². The fourth-order valence-electron chi connectivity index (χ4n) is 5.84. The molecule has 0 N–H and O–H groups in total. The molecule has 0 aromatic heterocycles. The molecular weight excluding hydrogens is 600 g/mol. The Balaban J connectivity index is 0.953. The average molecular weight is 643 g/mol. The van der Waals surface area contributed by atoms with E-state index in [4.69, 9.17) is 9.47 Å². The second kappa shape index (κ2) is 16.5. The minimum absolute atomic E-state index is 0.0523. The number of carbonyl (C=O) groups is 2. The molecule has 0 aliphatic carbocycles. The number of carbonyl (C=O) groups excluding carboxylic acids is 2. The van der Waals surface area contributed by atoms with E-state index in [1.54, 1.807) is 0 Å². The number of aliphatic imine (C=N–C) groups is 2. The van der Waals surface area contributed by atoms with Crippen molar-refractivity contribution in [1.82, 2.24) is 9.80 Å². The van der Waals surface area contributed by atoms with Crippen molar-refractivity contribution in [1.29, 1.82) is 0 Å². The lowest BCUT2D eigenvalue weighted by Gasteiger charge is -2.26. The minimum atomic E-state index is 0.0523. The number of nitrogens with zero attached hydrogens (tertiary/aromatic N) is 4. The van der Waals surface area contributed by atoms with Crippen LogP contribution in [0.2, 0.25) is 0 Å². The summed E-state index contributed by atoms with van der Waals surface area (Å²) in [5.41, 5.74) is 5.82. The van der Waals surface area contributed by atoms with Gasteiger partial charge in [-0.2, -0.15) is 0 Å². The zero-order valence-electron chi connectivity index (χ0n) is 27.3. The van der Waals surface area contributed by atoms with Crippen LogP contribution in [-0.2, 0) is 9.59 Å². The number of benzene rings is 4. The number of amides is 2. The van der Waals surface area contributed by atoms with Crippen LogP contribution in [-0.4, -0.2) is 73.4 Å². The second-order valence-electron chi connectivity index (χ2n) is 12.2. The quantitative estimate of drug-likeness (QED) is 0.158. The van der Waals surface area contributed by atoms with Gasteiger partial charge in [-0.05, 0) is 134 Å². The summed E-state index contributed by atoms with van der Waals surface area (Å²) in [5, 5.41) is 0. The third-order valence-corrected chi connectivity index (χ3v) is 8.70. The van der Waals surface area contributed by atoms with Crippen molar-refractivity contribution in [2.75, 3.05) is 39.4 Å². The van der Waals surface area contributed by atoms with E-state index in [1.165, 1.54) is 12.8 Å². The maximum atomic E-state index is 12.3. The molecule has 2 aliphatic rings. The second-order valence-corrected chi connectivity index (χ2v) is 12.2. The van der Waals surface area contributed by atoms with Crippen LogP contribution in [0.5, 0.6) is 11.5 Å². The average Bonchev–Trinajstić information content (AvgIpc) is 3.16. The van der Waals surface area contributed by atoms with Crippen molar-refractivity contribution in [3.63, 3.8) is 0 Å². The maximum Gasteiger partial charge on any atom is 0.260 e. The summed E-state index contributed by atoms with van der Waals surface area (Å²) in [6.45, 7) is 3.48. The molecule has 4 aromatic carbocycles. The summed E-state index contributed by atoms with van der Waals surface area (Å²) in [4.78, 5) is 37.7. The van der Waals surface area contributed by atoms with Gasteiger partial charge in [0.1, 0.15) is 11.5 Å². The first-order chi connectivity index (χ1) is 23.6. The third-order valence-electron chi connectivity index (χ3n) is 8.70.